The number of aldehydes is 1. The van der Waals surface area contributed by atoms with Crippen LogP contribution < -0.4 is 0 Å². The lowest BCUT2D eigenvalue weighted by Crippen LogP contribution is -1.91. The zero-order valence-electron chi connectivity index (χ0n) is 7.17. The Morgan fingerprint density at radius 3 is 2.83 bits per heavy atom. The Morgan fingerprint density at radius 1 is 1.67 bits per heavy atom. The topological polar surface area (TPSA) is 34.9 Å². The third-order valence-corrected chi connectivity index (χ3v) is 2.63. The fourth-order valence-electron chi connectivity index (χ4n) is 1.11. The minimum Gasteiger partial charge on any atom is -0.298 e. The average Bonchev–Trinajstić information content (AvgIpc) is 2.29. The van der Waals surface area contributed by atoms with Crippen molar-refractivity contribution in [1.29, 1.82) is 0 Å². The predicted octanol–water partition coefficient (Wildman–Crippen LogP) is 1.95. The number of aromatic nitrogens is 2. The van der Waals surface area contributed by atoms with Gasteiger partial charge in [0.1, 0.15) is 4.60 Å². The van der Waals surface area contributed by atoms with Gasteiger partial charge in [-0.15, -0.1) is 0 Å². The molecule has 66 valence electrons. The number of carbonyl (C=O) groups is 1. The van der Waals surface area contributed by atoms with Crippen molar-refractivity contribution in [3.8, 4) is 0 Å². The molecule has 0 spiro atoms. The van der Waals surface area contributed by atoms with E-state index in [4.69, 9.17) is 0 Å². The van der Waals surface area contributed by atoms with Gasteiger partial charge in [-0.25, -0.2) is 0 Å². The van der Waals surface area contributed by atoms with Gasteiger partial charge < -0.3 is 0 Å². The fourth-order valence-corrected chi connectivity index (χ4v) is 1.51. The largest absolute Gasteiger partial charge is 0.298 e. The Morgan fingerprint density at radius 2 is 2.33 bits per heavy atom. The van der Waals surface area contributed by atoms with Crippen LogP contribution in [0.1, 0.15) is 29.4 Å². The van der Waals surface area contributed by atoms with E-state index in [1.807, 2.05) is 7.05 Å². The van der Waals surface area contributed by atoms with Crippen LogP contribution in [0, 0.1) is 0 Å². The number of nitrogens with zero attached hydrogens (tertiary/aromatic N) is 2. The molecule has 0 fully saturated rings. The standard InChI is InChI=1S/C8H11BrN2O/c1-3-4-7-6(5-12)8(9)11(2)10-7/h5H,3-4H2,1-2H3. The molecule has 0 aliphatic rings. The van der Waals surface area contributed by atoms with E-state index in [1.165, 1.54) is 0 Å². The lowest BCUT2D eigenvalue weighted by Gasteiger charge is -1.90. The van der Waals surface area contributed by atoms with E-state index in [0.717, 1.165) is 29.4 Å². The van der Waals surface area contributed by atoms with Gasteiger partial charge in [0.25, 0.3) is 0 Å². The number of halogens is 1. The van der Waals surface area contributed by atoms with Crippen molar-refractivity contribution in [3.63, 3.8) is 0 Å². The molecule has 1 aromatic heterocycles. The van der Waals surface area contributed by atoms with E-state index in [0.29, 0.717) is 5.56 Å². The van der Waals surface area contributed by atoms with E-state index in [1.54, 1.807) is 4.68 Å². The van der Waals surface area contributed by atoms with Gasteiger partial charge in [-0.3, -0.25) is 9.48 Å². The minimum absolute atomic E-state index is 0.680. The Bertz CT molecular complexity index is 293. The molecule has 0 amide bonds. The van der Waals surface area contributed by atoms with Crippen LogP contribution in [0.5, 0.6) is 0 Å². The minimum atomic E-state index is 0.680. The fraction of sp³-hybridized carbons (Fsp3) is 0.500. The van der Waals surface area contributed by atoms with Crippen molar-refractivity contribution >= 4 is 22.2 Å². The molecular formula is C8H11BrN2O. The predicted molar refractivity (Wildman–Crippen MR) is 50.3 cm³/mol. The first-order valence-corrected chi connectivity index (χ1v) is 4.66. The molecule has 12 heavy (non-hydrogen) atoms. The Kier molecular flexibility index (Phi) is 3.03. The van der Waals surface area contributed by atoms with E-state index in [-0.39, 0.29) is 0 Å². The molecule has 1 rings (SSSR count). The summed E-state index contributed by atoms with van der Waals surface area (Å²) in [5.41, 5.74) is 1.56. The number of aryl methyl sites for hydroxylation is 2. The maximum atomic E-state index is 10.7. The molecule has 1 heterocycles. The van der Waals surface area contributed by atoms with E-state index in [9.17, 15) is 4.79 Å². The van der Waals surface area contributed by atoms with Crippen molar-refractivity contribution < 1.29 is 4.79 Å². The van der Waals surface area contributed by atoms with Crippen molar-refractivity contribution in [2.75, 3.05) is 0 Å². The second kappa shape index (κ2) is 3.85. The highest BCUT2D eigenvalue weighted by Gasteiger charge is 2.11. The van der Waals surface area contributed by atoms with Crippen LogP contribution in [-0.4, -0.2) is 16.1 Å². The third-order valence-electron chi connectivity index (χ3n) is 1.69. The van der Waals surface area contributed by atoms with Crippen LogP contribution in [0.2, 0.25) is 0 Å². The van der Waals surface area contributed by atoms with Crippen LogP contribution in [0.25, 0.3) is 0 Å². The zero-order chi connectivity index (χ0) is 9.14. The smallest absolute Gasteiger partial charge is 0.154 e. The average molecular weight is 231 g/mol. The SMILES string of the molecule is CCCc1nn(C)c(Br)c1C=O. The van der Waals surface area contributed by atoms with Crippen LogP contribution in [0.4, 0.5) is 0 Å². The maximum absolute atomic E-state index is 10.7. The number of hydrogen-bond acceptors (Lipinski definition) is 2. The summed E-state index contributed by atoms with van der Waals surface area (Å²) in [6, 6.07) is 0. The first-order valence-electron chi connectivity index (χ1n) is 3.87. The number of carbonyl (C=O) groups excluding carboxylic acids is 1. The monoisotopic (exact) mass is 230 g/mol. The van der Waals surface area contributed by atoms with Gasteiger partial charge in [0.2, 0.25) is 0 Å². The summed E-state index contributed by atoms with van der Waals surface area (Å²) in [6.07, 6.45) is 2.71. The highest BCUT2D eigenvalue weighted by molar-refractivity contribution is 9.10. The lowest BCUT2D eigenvalue weighted by atomic mass is 10.2. The van der Waals surface area contributed by atoms with E-state index >= 15 is 0 Å². The second-order valence-electron chi connectivity index (χ2n) is 2.64. The van der Waals surface area contributed by atoms with Gasteiger partial charge in [-0.1, -0.05) is 13.3 Å². The van der Waals surface area contributed by atoms with Gasteiger partial charge in [0.05, 0.1) is 11.3 Å². The summed E-state index contributed by atoms with van der Waals surface area (Å²) in [5.74, 6) is 0. The molecule has 0 aliphatic heterocycles. The molecular weight excluding hydrogens is 220 g/mol. The van der Waals surface area contributed by atoms with Crippen LogP contribution in [-0.2, 0) is 13.5 Å². The molecule has 1 aromatic rings. The van der Waals surface area contributed by atoms with Crippen LogP contribution >= 0.6 is 15.9 Å². The summed E-state index contributed by atoms with van der Waals surface area (Å²) in [4.78, 5) is 10.7. The molecule has 0 aliphatic carbocycles. The van der Waals surface area contributed by atoms with E-state index < -0.39 is 0 Å². The first-order chi connectivity index (χ1) is 5.70. The number of rotatable bonds is 3. The van der Waals surface area contributed by atoms with Crippen LogP contribution in [0.3, 0.4) is 0 Å². The summed E-state index contributed by atoms with van der Waals surface area (Å²) >= 11 is 3.30. The third kappa shape index (κ3) is 1.58. The summed E-state index contributed by atoms with van der Waals surface area (Å²) in [5, 5.41) is 4.21. The van der Waals surface area contributed by atoms with Gasteiger partial charge in [-0.05, 0) is 22.4 Å². The van der Waals surface area contributed by atoms with Gasteiger partial charge >= 0.3 is 0 Å². The molecule has 0 unspecified atom stereocenters. The summed E-state index contributed by atoms with van der Waals surface area (Å²) in [6.45, 7) is 2.07. The van der Waals surface area contributed by atoms with Crippen molar-refractivity contribution in [2.24, 2.45) is 7.05 Å². The second-order valence-corrected chi connectivity index (χ2v) is 3.39. The maximum Gasteiger partial charge on any atom is 0.154 e. The quantitative estimate of drug-likeness (QED) is 0.745. The van der Waals surface area contributed by atoms with Crippen molar-refractivity contribution in [2.45, 2.75) is 19.8 Å². The molecule has 4 heteroatoms. The molecule has 0 saturated carbocycles. The van der Waals surface area contributed by atoms with Crippen LogP contribution in [0.15, 0.2) is 4.60 Å². The summed E-state index contributed by atoms with van der Waals surface area (Å²) < 4.78 is 2.44. The van der Waals surface area contributed by atoms with E-state index in [2.05, 4.69) is 28.0 Å². The lowest BCUT2D eigenvalue weighted by molar-refractivity contribution is 0.112. The van der Waals surface area contributed by atoms with Gasteiger partial charge in [-0.2, -0.15) is 5.10 Å². The Labute approximate surface area is 79.9 Å². The highest BCUT2D eigenvalue weighted by Crippen LogP contribution is 2.18. The molecule has 0 saturated heterocycles. The van der Waals surface area contributed by atoms with Gasteiger partial charge in [0, 0.05) is 7.05 Å². The molecule has 0 radical (unpaired) electrons. The Balaban J connectivity index is 3.10. The first kappa shape index (κ1) is 9.45. The molecule has 0 aromatic carbocycles. The van der Waals surface area contributed by atoms with Gasteiger partial charge in [0.15, 0.2) is 6.29 Å². The molecule has 0 atom stereocenters. The van der Waals surface area contributed by atoms with Crippen molar-refractivity contribution in [1.82, 2.24) is 9.78 Å². The van der Waals surface area contributed by atoms with Crippen molar-refractivity contribution in [3.05, 3.63) is 15.9 Å². The normalized spacial score (nSPS) is 10.2. The Hall–Kier alpha value is -0.640. The molecule has 0 N–H and O–H groups in total. The molecule has 3 nitrogen and oxygen atoms in total. The molecule has 0 bridgehead atoms. The highest BCUT2D eigenvalue weighted by atomic mass is 79.9. The summed E-state index contributed by atoms with van der Waals surface area (Å²) in [7, 11) is 1.82. The zero-order valence-corrected chi connectivity index (χ0v) is 8.76. The number of hydrogen-bond donors (Lipinski definition) is 0.